The summed E-state index contributed by atoms with van der Waals surface area (Å²) in [6, 6.07) is 0. The smallest absolute Gasteiger partial charge is 0.348 e. The first-order chi connectivity index (χ1) is 11.0. The van der Waals surface area contributed by atoms with Gasteiger partial charge in [0.25, 0.3) is 0 Å². The molecule has 1 heterocycles. The summed E-state index contributed by atoms with van der Waals surface area (Å²) in [7, 11) is 2.39. The van der Waals surface area contributed by atoms with Crippen molar-refractivity contribution < 1.29 is 28.6 Å². The second-order valence-electron chi connectivity index (χ2n) is 4.12. The molecular formula is C15H17NO6S. The molecule has 7 nitrogen and oxygen atoms in total. The van der Waals surface area contributed by atoms with Crippen molar-refractivity contribution >= 4 is 34.2 Å². The molecule has 0 saturated carbocycles. The largest absolute Gasteiger partial charge is 0.465 e. The molecule has 0 aliphatic carbocycles. The molecule has 0 aliphatic heterocycles. The molecule has 0 unspecified atom stereocenters. The highest BCUT2D eigenvalue weighted by Gasteiger charge is 2.27. The first-order valence-corrected chi connectivity index (χ1v) is 7.31. The van der Waals surface area contributed by atoms with Crippen LogP contribution in [0.1, 0.15) is 32.5 Å². The van der Waals surface area contributed by atoms with E-state index in [2.05, 4.69) is 9.47 Å². The number of nitrogens with two attached hydrogens (primary N) is 1. The molecule has 1 aromatic heterocycles. The topological polar surface area (TPSA) is 105 Å². The quantitative estimate of drug-likeness (QED) is 0.366. The highest BCUT2D eigenvalue weighted by molar-refractivity contribution is 7.18. The van der Waals surface area contributed by atoms with Gasteiger partial charge in [-0.05, 0) is 6.92 Å². The van der Waals surface area contributed by atoms with Crippen LogP contribution in [-0.4, -0.2) is 32.1 Å². The highest BCUT2D eigenvalue weighted by atomic mass is 32.1. The number of hydrogen-bond donors (Lipinski definition) is 1. The Morgan fingerprint density at radius 3 is 2.35 bits per heavy atom. The Labute approximate surface area is 137 Å². The van der Waals surface area contributed by atoms with Crippen molar-refractivity contribution in [1.82, 2.24) is 0 Å². The Morgan fingerprint density at radius 1 is 1.13 bits per heavy atom. The van der Waals surface area contributed by atoms with Crippen molar-refractivity contribution in [3.8, 4) is 0 Å². The van der Waals surface area contributed by atoms with Gasteiger partial charge in [-0.2, -0.15) is 0 Å². The number of rotatable bonds is 6. The summed E-state index contributed by atoms with van der Waals surface area (Å²) < 4.78 is 14.3. The van der Waals surface area contributed by atoms with Crippen molar-refractivity contribution in [3.05, 3.63) is 40.3 Å². The molecule has 0 aromatic carbocycles. The molecule has 0 bridgehead atoms. The van der Waals surface area contributed by atoms with Crippen LogP contribution in [0.15, 0.2) is 24.3 Å². The Morgan fingerprint density at radius 2 is 1.78 bits per heavy atom. The number of hydrogen-bond acceptors (Lipinski definition) is 8. The van der Waals surface area contributed by atoms with E-state index in [0.29, 0.717) is 0 Å². The average molecular weight is 339 g/mol. The summed E-state index contributed by atoms with van der Waals surface area (Å²) in [6.45, 7) is 1.50. The molecule has 0 atom stereocenters. The van der Waals surface area contributed by atoms with Crippen LogP contribution in [0.5, 0.6) is 0 Å². The Kier molecular flexibility index (Phi) is 7.01. The molecule has 0 saturated heterocycles. The van der Waals surface area contributed by atoms with E-state index < -0.39 is 17.9 Å². The summed E-state index contributed by atoms with van der Waals surface area (Å²) in [5.41, 5.74) is 5.93. The third-order valence-corrected chi connectivity index (χ3v) is 3.73. The van der Waals surface area contributed by atoms with Crippen LogP contribution in [0.2, 0.25) is 0 Å². The van der Waals surface area contributed by atoms with Gasteiger partial charge in [-0.3, -0.25) is 0 Å². The Balaban J connectivity index is 3.09. The summed E-state index contributed by atoms with van der Waals surface area (Å²) in [5, 5.41) is 0.0905. The van der Waals surface area contributed by atoms with E-state index in [9.17, 15) is 14.4 Å². The molecule has 0 radical (unpaired) electrons. The molecule has 8 heteroatoms. The van der Waals surface area contributed by atoms with E-state index >= 15 is 0 Å². The second-order valence-corrected chi connectivity index (χ2v) is 5.18. The van der Waals surface area contributed by atoms with Gasteiger partial charge in [-0.25, -0.2) is 14.4 Å². The van der Waals surface area contributed by atoms with Gasteiger partial charge in [0, 0.05) is 11.6 Å². The minimum absolute atomic E-state index is 0.00290. The predicted molar refractivity (Wildman–Crippen MR) is 85.2 cm³/mol. The number of carbonyl (C=O) groups excluding carboxylic acids is 3. The van der Waals surface area contributed by atoms with Crippen LogP contribution in [0, 0.1) is 0 Å². The lowest BCUT2D eigenvalue weighted by Crippen LogP contribution is -2.11. The van der Waals surface area contributed by atoms with Gasteiger partial charge in [0.15, 0.2) is 0 Å². The van der Waals surface area contributed by atoms with Gasteiger partial charge in [0.1, 0.15) is 22.0 Å². The standard InChI is InChI=1S/C15H17NO6S/c1-4-5-6-7-10(17)22-8-9-11(14(18)20-2)13(16)23-12(9)15(19)21-3/h4-7H,8,16H2,1-3H3/b5-4+,7-6+. The SMILES string of the molecule is C/C=C/C=C/C(=O)OCc1c(C(=O)OC)sc(N)c1C(=O)OC. The molecule has 124 valence electrons. The molecule has 1 aromatic rings. The maximum absolute atomic E-state index is 11.8. The Hall–Kier alpha value is -2.61. The third-order valence-electron chi connectivity index (χ3n) is 2.69. The van der Waals surface area contributed by atoms with Gasteiger partial charge in [-0.15, -0.1) is 11.3 Å². The highest BCUT2D eigenvalue weighted by Crippen LogP contribution is 2.33. The number of methoxy groups -OCH3 is 2. The molecule has 23 heavy (non-hydrogen) atoms. The van der Waals surface area contributed by atoms with Crippen LogP contribution in [0.4, 0.5) is 5.00 Å². The number of nitrogen functional groups attached to an aromatic ring is 1. The monoisotopic (exact) mass is 339 g/mol. The minimum atomic E-state index is -0.718. The van der Waals surface area contributed by atoms with E-state index in [0.717, 1.165) is 11.3 Å². The third kappa shape index (κ3) is 4.68. The molecule has 0 spiro atoms. The van der Waals surface area contributed by atoms with Crippen molar-refractivity contribution in [2.24, 2.45) is 0 Å². The van der Waals surface area contributed by atoms with Crippen LogP contribution < -0.4 is 5.73 Å². The maximum Gasteiger partial charge on any atom is 0.348 e. The first kappa shape index (κ1) is 18.4. The second kappa shape index (κ2) is 8.74. The predicted octanol–water partition coefficient (Wildman–Crippen LogP) is 2.08. The molecule has 0 aliphatic rings. The molecule has 2 N–H and O–H groups in total. The van der Waals surface area contributed by atoms with Crippen molar-refractivity contribution in [2.75, 3.05) is 20.0 Å². The lowest BCUT2D eigenvalue weighted by molar-refractivity contribution is -0.139. The fraction of sp³-hybridized carbons (Fsp3) is 0.267. The van der Waals surface area contributed by atoms with Gasteiger partial charge < -0.3 is 19.9 Å². The zero-order valence-corrected chi connectivity index (χ0v) is 13.8. The van der Waals surface area contributed by atoms with Gasteiger partial charge in [0.2, 0.25) is 0 Å². The van der Waals surface area contributed by atoms with E-state index in [4.69, 9.17) is 10.5 Å². The number of ether oxygens (including phenoxy) is 3. The van der Waals surface area contributed by atoms with Gasteiger partial charge in [0.05, 0.1) is 14.2 Å². The van der Waals surface area contributed by atoms with Crippen molar-refractivity contribution in [2.45, 2.75) is 13.5 Å². The fourth-order valence-corrected chi connectivity index (χ4v) is 2.62. The van der Waals surface area contributed by atoms with Crippen LogP contribution in [-0.2, 0) is 25.6 Å². The molecule has 0 amide bonds. The zero-order chi connectivity index (χ0) is 17.4. The van der Waals surface area contributed by atoms with Crippen LogP contribution in [0.3, 0.4) is 0 Å². The van der Waals surface area contributed by atoms with Gasteiger partial charge in [-0.1, -0.05) is 18.2 Å². The molecule has 0 fully saturated rings. The minimum Gasteiger partial charge on any atom is -0.465 e. The lowest BCUT2D eigenvalue weighted by Gasteiger charge is -2.06. The summed E-state index contributed by atoms with van der Waals surface area (Å²) >= 11 is 0.872. The van der Waals surface area contributed by atoms with E-state index in [-0.39, 0.29) is 27.6 Å². The van der Waals surface area contributed by atoms with Crippen LogP contribution in [0.25, 0.3) is 0 Å². The summed E-state index contributed by atoms with van der Waals surface area (Å²) in [5.74, 6) is -2.02. The van der Waals surface area contributed by atoms with Crippen LogP contribution >= 0.6 is 11.3 Å². The number of allylic oxidation sites excluding steroid dienone is 3. The number of carbonyl (C=O) groups is 3. The number of thiophene rings is 1. The lowest BCUT2D eigenvalue weighted by atomic mass is 10.1. The van der Waals surface area contributed by atoms with E-state index in [1.165, 1.54) is 26.4 Å². The first-order valence-electron chi connectivity index (χ1n) is 6.50. The normalized spacial score (nSPS) is 10.9. The maximum atomic E-state index is 11.8. The van der Waals surface area contributed by atoms with Crippen molar-refractivity contribution in [3.63, 3.8) is 0 Å². The summed E-state index contributed by atoms with van der Waals surface area (Å²) in [4.78, 5) is 35.3. The van der Waals surface area contributed by atoms with E-state index in [1.54, 1.807) is 19.1 Å². The van der Waals surface area contributed by atoms with E-state index in [1.807, 2.05) is 0 Å². The zero-order valence-electron chi connectivity index (χ0n) is 13.0. The summed E-state index contributed by atoms with van der Waals surface area (Å²) in [6.07, 6.45) is 6.12. The Bertz CT molecular complexity index is 659. The number of esters is 3. The van der Waals surface area contributed by atoms with Crippen molar-refractivity contribution in [1.29, 1.82) is 0 Å². The molecule has 1 rings (SSSR count). The fourth-order valence-electron chi connectivity index (χ4n) is 1.64. The molecular weight excluding hydrogens is 322 g/mol. The number of anilines is 1. The van der Waals surface area contributed by atoms with Gasteiger partial charge >= 0.3 is 17.9 Å². The average Bonchev–Trinajstić information content (AvgIpc) is 2.88.